The molecule has 130 valence electrons. The van der Waals surface area contributed by atoms with Crippen LogP contribution in [-0.2, 0) is 17.3 Å². The van der Waals surface area contributed by atoms with Crippen molar-refractivity contribution in [3.63, 3.8) is 0 Å². The number of hydrogen-bond acceptors (Lipinski definition) is 4. The molecule has 0 aromatic carbocycles. The summed E-state index contributed by atoms with van der Waals surface area (Å²) in [5.41, 5.74) is 0.933. The van der Waals surface area contributed by atoms with Crippen LogP contribution in [0.2, 0.25) is 0 Å². The highest BCUT2D eigenvalue weighted by Crippen LogP contribution is 2.24. The fourth-order valence-corrected chi connectivity index (χ4v) is 3.07. The minimum absolute atomic E-state index is 0.00403. The van der Waals surface area contributed by atoms with Crippen molar-refractivity contribution < 1.29 is 9.90 Å². The van der Waals surface area contributed by atoms with Crippen LogP contribution in [0.1, 0.15) is 52.1 Å². The lowest BCUT2D eigenvalue weighted by molar-refractivity contribution is -0.117. The standard InChI is InChI=1S/C17H30N4O2/c1-17(2,3)14-11-15(20(4)19-14)18-16(23)12-21-9-5-7-13(21)8-6-10-22/h11,13,22H,5-10,12H2,1-4H3,(H,18,23). The van der Waals surface area contributed by atoms with Crippen LogP contribution in [0, 0.1) is 0 Å². The summed E-state index contributed by atoms with van der Waals surface area (Å²) in [5.74, 6) is 0.746. The predicted molar refractivity (Wildman–Crippen MR) is 91.5 cm³/mol. The molecule has 1 atom stereocenters. The molecule has 23 heavy (non-hydrogen) atoms. The Morgan fingerprint density at radius 3 is 2.83 bits per heavy atom. The molecule has 0 bridgehead atoms. The molecule has 6 heteroatoms. The number of aromatic nitrogens is 2. The van der Waals surface area contributed by atoms with Crippen molar-refractivity contribution in [2.45, 2.75) is 57.9 Å². The second-order valence-corrected chi connectivity index (χ2v) is 7.47. The van der Waals surface area contributed by atoms with E-state index in [4.69, 9.17) is 5.11 Å². The molecule has 1 aromatic heterocycles. The molecule has 6 nitrogen and oxygen atoms in total. The van der Waals surface area contributed by atoms with Gasteiger partial charge in [0, 0.05) is 31.2 Å². The number of carbonyl (C=O) groups excluding carboxylic acids is 1. The van der Waals surface area contributed by atoms with Gasteiger partial charge in [-0.25, -0.2) is 0 Å². The average molecular weight is 322 g/mol. The largest absolute Gasteiger partial charge is 0.396 e. The topological polar surface area (TPSA) is 70.4 Å². The molecular formula is C17H30N4O2. The molecule has 1 unspecified atom stereocenters. The first-order valence-corrected chi connectivity index (χ1v) is 8.50. The van der Waals surface area contributed by atoms with Gasteiger partial charge in [-0.3, -0.25) is 14.4 Å². The molecule has 0 spiro atoms. The average Bonchev–Trinajstić information content (AvgIpc) is 3.03. The van der Waals surface area contributed by atoms with Crippen molar-refractivity contribution in [3.8, 4) is 0 Å². The van der Waals surface area contributed by atoms with Gasteiger partial charge in [0.1, 0.15) is 5.82 Å². The third-order valence-electron chi connectivity index (χ3n) is 4.46. The Bertz CT molecular complexity index is 533. The van der Waals surface area contributed by atoms with Crippen molar-refractivity contribution in [2.24, 2.45) is 7.05 Å². The number of aliphatic hydroxyl groups excluding tert-OH is 1. The molecule has 0 radical (unpaired) electrons. The number of likely N-dealkylation sites (tertiary alicyclic amines) is 1. The summed E-state index contributed by atoms with van der Waals surface area (Å²) in [6.07, 6.45) is 4.01. The molecule has 1 aliphatic heterocycles. The van der Waals surface area contributed by atoms with E-state index in [0.29, 0.717) is 12.6 Å². The number of carbonyl (C=O) groups is 1. The first-order chi connectivity index (χ1) is 10.8. The second-order valence-electron chi connectivity index (χ2n) is 7.47. The number of nitrogens with one attached hydrogen (secondary N) is 1. The van der Waals surface area contributed by atoms with Crippen molar-refractivity contribution >= 4 is 11.7 Å². The van der Waals surface area contributed by atoms with Crippen molar-refractivity contribution in [3.05, 3.63) is 11.8 Å². The van der Waals surface area contributed by atoms with Gasteiger partial charge in [0.05, 0.1) is 12.2 Å². The quantitative estimate of drug-likeness (QED) is 0.839. The summed E-state index contributed by atoms with van der Waals surface area (Å²) in [6.45, 7) is 7.92. The summed E-state index contributed by atoms with van der Waals surface area (Å²) in [7, 11) is 1.85. The van der Waals surface area contributed by atoms with Crippen LogP contribution in [-0.4, -0.2) is 51.4 Å². The number of rotatable bonds is 6. The lowest BCUT2D eigenvalue weighted by Crippen LogP contribution is -2.37. The first kappa shape index (κ1) is 17.9. The van der Waals surface area contributed by atoms with Crippen molar-refractivity contribution in [1.82, 2.24) is 14.7 Å². The number of hydrogen-bond donors (Lipinski definition) is 2. The van der Waals surface area contributed by atoms with E-state index in [1.807, 2.05) is 13.1 Å². The number of aryl methyl sites for hydroxylation is 1. The third-order valence-corrected chi connectivity index (χ3v) is 4.46. The van der Waals surface area contributed by atoms with Crippen LogP contribution in [0.3, 0.4) is 0 Å². The van der Waals surface area contributed by atoms with E-state index in [1.54, 1.807) is 4.68 Å². The molecule has 1 amide bonds. The highest BCUT2D eigenvalue weighted by atomic mass is 16.3. The van der Waals surface area contributed by atoms with Crippen LogP contribution < -0.4 is 5.32 Å². The van der Waals surface area contributed by atoms with Gasteiger partial charge in [0.15, 0.2) is 0 Å². The van der Waals surface area contributed by atoms with E-state index in [9.17, 15) is 4.79 Å². The van der Waals surface area contributed by atoms with Gasteiger partial charge in [0.25, 0.3) is 0 Å². The van der Waals surface area contributed by atoms with E-state index in [2.05, 4.69) is 36.1 Å². The summed E-state index contributed by atoms with van der Waals surface area (Å²) in [4.78, 5) is 14.6. The number of amides is 1. The summed E-state index contributed by atoms with van der Waals surface area (Å²) in [6, 6.07) is 2.37. The van der Waals surface area contributed by atoms with E-state index < -0.39 is 0 Å². The maximum atomic E-state index is 12.4. The monoisotopic (exact) mass is 322 g/mol. The minimum Gasteiger partial charge on any atom is -0.396 e. The van der Waals surface area contributed by atoms with Crippen LogP contribution in [0.4, 0.5) is 5.82 Å². The van der Waals surface area contributed by atoms with Crippen molar-refractivity contribution in [1.29, 1.82) is 0 Å². The zero-order valence-electron chi connectivity index (χ0n) is 14.8. The lowest BCUT2D eigenvalue weighted by atomic mass is 9.92. The Labute approximate surface area is 138 Å². The summed E-state index contributed by atoms with van der Waals surface area (Å²) < 4.78 is 1.73. The number of nitrogens with zero attached hydrogens (tertiary/aromatic N) is 3. The predicted octanol–water partition coefficient (Wildman–Crippen LogP) is 1.89. The van der Waals surface area contributed by atoms with E-state index in [0.717, 1.165) is 43.7 Å². The molecule has 2 rings (SSSR count). The zero-order chi connectivity index (χ0) is 17.0. The molecule has 2 N–H and O–H groups in total. The number of anilines is 1. The Balaban J connectivity index is 1.93. The van der Waals surface area contributed by atoms with Gasteiger partial charge in [-0.05, 0) is 32.2 Å². The Kier molecular flexibility index (Phi) is 5.81. The molecule has 1 aromatic rings. The van der Waals surface area contributed by atoms with Gasteiger partial charge in [-0.2, -0.15) is 5.10 Å². The lowest BCUT2D eigenvalue weighted by Gasteiger charge is -2.23. The minimum atomic E-state index is -0.0366. The highest BCUT2D eigenvalue weighted by molar-refractivity contribution is 5.91. The Morgan fingerprint density at radius 2 is 2.22 bits per heavy atom. The van der Waals surface area contributed by atoms with Gasteiger partial charge in [-0.1, -0.05) is 20.8 Å². The fourth-order valence-electron chi connectivity index (χ4n) is 3.07. The van der Waals surface area contributed by atoms with E-state index in [1.165, 1.54) is 0 Å². The normalized spacial score (nSPS) is 19.3. The van der Waals surface area contributed by atoms with Gasteiger partial charge < -0.3 is 10.4 Å². The Hall–Kier alpha value is -1.40. The smallest absolute Gasteiger partial charge is 0.239 e. The molecule has 0 saturated carbocycles. The zero-order valence-corrected chi connectivity index (χ0v) is 14.8. The SMILES string of the molecule is Cn1nc(C(C)(C)C)cc1NC(=O)CN1CCCC1CCCO. The van der Waals surface area contributed by atoms with Crippen LogP contribution >= 0.6 is 0 Å². The highest BCUT2D eigenvalue weighted by Gasteiger charge is 2.26. The molecular weight excluding hydrogens is 292 g/mol. The second kappa shape index (κ2) is 7.45. The third kappa shape index (κ3) is 4.78. The maximum absolute atomic E-state index is 12.4. The van der Waals surface area contributed by atoms with E-state index >= 15 is 0 Å². The van der Waals surface area contributed by atoms with Gasteiger partial charge in [0.2, 0.25) is 5.91 Å². The molecule has 0 aliphatic carbocycles. The van der Waals surface area contributed by atoms with Crippen LogP contribution in [0.5, 0.6) is 0 Å². The van der Waals surface area contributed by atoms with E-state index in [-0.39, 0.29) is 17.9 Å². The molecule has 2 heterocycles. The fraction of sp³-hybridized carbons (Fsp3) is 0.765. The van der Waals surface area contributed by atoms with Gasteiger partial charge in [-0.15, -0.1) is 0 Å². The maximum Gasteiger partial charge on any atom is 0.239 e. The Morgan fingerprint density at radius 1 is 1.48 bits per heavy atom. The molecule has 1 aliphatic rings. The summed E-state index contributed by atoms with van der Waals surface area (Å²) >= 11 is 0. The van der Waals surface area contributed by atoms with Gasteiger partial charge >= 0.3 is 0 Å². The van der Waals surface area contributed by atoms with Crippen LogP contribution in [0.25, 0.3) is 0 Å². The van der Waals surface area contributed by atoms with Crippen LogP contribution in [0.15, 0.2) is 6.07 Å². The number of aliphatic hydroxyl groups is 1. The first-order valence-electron chi connectivity index (χ1n) is 8.50. The molecule has 1 fully saturated rings. The molecule has 1 saturated heterocycles. The van der Waals surface area contributed by atoms with Crippen molar-refractivity contribution in [2.75, 3.05) is 25.0 Å². The summed E-state index contributed by atoms with van der Waals surface area (Å²) in [5, 5.41) is 16.4.